The first-order valence-corrected chi connectivity index (χ1v) is 7.64. The number of carbonyl (C=O) groups is 1. The van der Waals surface area contributed by atoms with E-state index in [0.717, 1.165) is 19.3 Å². The Kier molecular flexibility index (Phi) is 4.80. The minimum atomic E-state index is -0.407. The second kappa shape index (κ2) is 6.39. The van der Waals surface area contributed by atoms with Crippen molar-refractivity contribution >= 4 is 27.5 Å². The van der Waals surface area contributed by atoms with Crippen LogP contribution in [0, 0.1) is 0 Å². The number of aryl methyl sites for hydroxylation is 1. The molecule has 0 bridgehead atoms. The van der Waals surface area contributed by atoms with Crippen LogP contribution in [0.15, 0.2) is 15.5 Å². The van der Waals surface area contributed by atoms with E-state index < -0.39 is 6.04 Å². The summed E-state index contributed by atoms with van der Waals surface area (Å²) in [5.74, 6) is -0.0582. The molecule has 1 heterocycles. The summed E-state index contributed by atoms with van der Waals surface area (Å²) >= 11 is 3.27. The molecule has 0 saturated heterocycles. The van der Waals surface area contributed by atoms with E-state index in [2.05, 4.69) is 31.7 Å². The Labute approximate surface area is 126 Å². The standard InChI is InChI=1S/C13H19BrN4O2/c1-3-6-18-13(20)11(14)10(7-15-18)16-8(2)12(19)17-9-4-5-9/h7-9,16H,3-6H2,1-2H3,(H,17,19). The highest BCUT2D eigenvalue weighted by Gasteiger charge is 2.26. The van der Waals surface area contributed by atoms with E-state index in [0.29, 0.717) is 22.7 Å². The minimum absolute atomic E-state index is 0.0582. The fourth-order valence-corrected chi connectivity index (χ4v) is 2.21. The molecule has 6 nitrogen and oxygen atoms in total. The van der Waals surface area contributed by atoms with Gasteiger partial charge in [-0.15, -0.1) is 0 Å². The van der Waals surface area contributed by atoms with Gasteiger partial charge in [-0.1, -0.05) is 6.92 Å². The zero-order valence-electron chi connectivity index (χ0n) is 11.6. The van der Waals surface area contributed by atoms with E-state index in [-0.39, 0.29) is 11.5 Å². The molecule has 0 radical (unpaired) electrons. The topological polar surface area (TPSA) is 76.0 Å². The van der Waals surface area contributed by atoms with Gasteiger partial charge in [-0.3, -0.25) is 9.59 Å². The number of anilines is 1. The van der Waals surface area contributed by atoms with Crippen molar-refractivity contribution < 1.29 is 4.79 Å². The maximum atomic E-state index is 12.0. The molecule has 1 amide bonds. The third-order valence-electron chi connectivity index (χ3n) is 3.11. The zero-order valence-corrected chi connectivity index (χ0v) is 13.2. The summed E-state index contributed by atoms with van der Waals surface area (Å²) in [7, 11) is 0. The van der Waals surface area contributed by atoms with Gasteiger partial charge in [-0.2, -0.15) is 5.10 Å². The summed E-state index contributed by atoms with van der Waals surface area (Å²) in [6, 6.07) is -0.0824. The molecule has 2 N–H and O–H groups in total. The lowest BCUT2D eigenvalue weighted by atomic mass is 10.3. The van der Waals surface area contributed by atoms with Gasteiger partial charge in [0.2, 0.25) is 5.91 Å². The van der Waals surface area contributed by atoms with Crippen LogP contribution in [-0.4, -0.2) is 27.8 Å². The number of amides is 1. The lowest BCUT2D eigenvalue weighted by Gasteiger charge is -2.16. The third kappa shape index (κ3) is 3.59. The molecular formula is C13H19BrN4O2. The molecule has 0 spiro atoms. The van der Waals surface area contributed by atoms with Crippen molar-refractivity contribution in [3.8, 4) is 0 Å². The van der Waals surface area contributed by atoms with Gasteiger partial charge in [-0.25, -0.2) is 4.68 Å². The highest BCUT2D eigenvalue weighted by molar-refractivity contribution is 9.10. The number of halogens is 1. The van der Waals surface area contributed by atoms with Crippen molar-refractivity contribution in [2.24, 2.45) is 0 Å². The fourth-order valence-electron chi connectivity index (χ4n) is 1.79. The Morgan fingerprint density at radius 3 is 2.90 bits per heavy atom. The van der Waals surface area contributed by atoms with Crippen LogP contribution in [0.1, 0.15) is 33.1 Å². The monoisotopic (exact) mass is 342 g/mol. The van der Waals surface area contributed by atoms with Gasteiger partial charge in [0, 0.05) is 12.6 Å². The first-order valence-electron chi connectivity index (χ1n) is 6.85. The van der Waals surface area contributed by atoms with E-state index >= 15 is 0 Å². The van der Waals surface area contributed by atoms with Gasteiger partial charge >= 0.3 is 0 Å². The van der Waals surface area contributed by atoms with Gasteiger partial charge in [-0.05, 0) is 42.1 Å². The molecule has 1 aliphatic rings. The number of hydrogen-bond acceptors (Lipinski definition) is 4. The van der Waals surface area contributed by atoms with Crippen molar-refractivity contribution in [1.29, 1.82) is 0 Å². The molecule has 110 valence electrons. The molecule has 1 unspecified atom stereocenters. The average Bonchev–Trinajstić information content (AvgIpc) is 3.22. The smallest absolute Gasteiger partial charge is 0.283 e. The van der Waals surface area contributed by atoms with Crippen LogP contribution in [-0.2, 0) is 11.3 Å². The Morgan fingerprint density at radius 1 is 1.60 bits per heavy atom. The number of rotatable bonds is 6. The summed E-state index contributed by atoms with van der Waals surface area (Å²) in [5.41, 5.74) is 0.354. The van der Waals surface area contributed by atoms with Crippen LogP contribution >= 0.6 is 15.9 Å². The molecule has 7 heteroatoms. The minimum Gasteiger partial charge on any atom is -0.372 e. The number of carbonyl (C=O) groups excluding carboxylic acids is 1. The van der Waals surface area contributed by atoms with Crippen LogP contribution < -0.4 is 16.2 Å². The number of nitrogens with one attached hydrogen (secondary N) is 2. The molecule has 1 aromatic heterocycles. The van der Waals surface area contributed by atoms with E-state index in [1.54, 1.807) is 13.1 Å². The van der Waals surface area contributed by atoms with Crippen LogP contribution in [0.2, 0.25) is 0 Å². The SMILES string of the molecule is CCCn1ncc(NC(C)C(=O)NC2CC2)c(Br)c1=O. The molecule has 1 saturated carbocycles. The first-order chi connectivity index (χ1) is 9.52. The van der Waals surface area contributed by atoms with Crippen molar-refractivity contribution in [2.75, 3.05) is 5.32 Å². The molecule has 1 atom stereocenters. The zero-order chi connectivity index (χ0) is 14.7. The molecule has 1 aliphatic carbocycles. The van der Waals surface area contributed by atoms with Crippen molar-refractivity contribution in [3.63, 3.8) is 0 Å². The molecule has 1 fully saturated rings. The summed E-state index contributed by atoms with van der Waals surface area (Å²) in [5, 5.41) is 10.0. The Morgan fingerprint density at radius 2 is 2.30 bits per heavy atom. The highest BCUT2D eigenvalue weighted by atomic mass is 79.9. The quantitative estimate of drug-likeness (QED) is 0.821. The molecule has 20 heavy (non-hydrogen) atoms. The Balaban J connectivity index is 2.06. The largest absolute Gasteiger partial charge is 0.372 e. The van der Waals surface area contributed by atoms with Gasteiger partial charge in [0.1, 0.15) is 10.5 Å². The maximum absolute atomic E-state index is 12.0. The van der Waals surface area contributed by atoms with Gasteiger partial charge in [0.25, 0.3) is 5.56 Å². The van der Waals surface area contributed by atoms with Crippen molar-refractivity contribution in [2.45, 2.75) is 51.7 Å². The van der Waals surface area contributed by atoms with E-state index in [1.165, 1.54) is 4.68 Å². The van der Waals surface area contributed by atoms with Crippen LogP contribution in [0.3, 0.4) is 0 Å². The summed E-state index contributed by atoms with van der Waals surface area (Å²) in [6.45, 7) is 4.33. The second-order valence-corrected chi connectivity index (χ2v) is 5.84. The number of aromatic nitrogens is 2. The number of hydrogen-bond donors (Lipinski definition) is 2. The van der Waals surface area contributed by atoms with Crippen LogP contribution in [0.4, 0.5) is 5.69 Å². The summed E-state index contributed by atoms with van der Waals surface area (Å²) < 4.78 is 1.82. The third-order valence-corrected chi connectivity index (χ3v) is 3.88. The van der Waals surface area contributed by atoms with E-state index in [9.17, 15) is 9.59 Å². The Bertz CT molecular complexity index is 554. The predicted octanol–water partition coefficient (Wildman–Crippen LogP) is 1.49. The summed E-state index contributed by atoms with van der Waals surface area (Å²) in [6.07, 6.45) is 4.52. The molecule has 1 aromatic rings. The first kappa shape index (κ1) is 15.0. The van der Waals surface area contributed by atoms with Gasteiger partial charge < -0.3 is 10.6 Å². The molecule has 0 aliphatic heterocycles. The van der Waals surface area contributed by atoms with E-state index in [1.807, 2.05) is 6.92 Å². The van der Waals surface area contributed by atoms with Gasteiger partial charge in [0.15, 0.2) is 0 Å². The van der Waals surface area contributed by atoms with Gasteiger partial charge in [0.05, 0.1) is 11.9 Å². The predicted molar refractivity (Wildman–Crippen MR) is 80.7 cm³/mol. The van der Waals surface area contributed by atoms with Crippen molar-refractivity contribution in [3.05, 3.63) is 21.0 Å². The molecule has 2 rings (SSSR count). The average molecular weight is 343 g/mol. The molecule has 0 aromatic carbocycles. The van der Waals surface area contributed by atoms with Crippen LogP contribution in [0.5, 0.6) is 0 Å². The second-order valence-electron chi connectivity index (χ2n) is 5.05. The number of nitrogens with zero attached hydrogens (tertiary/aromatic N) is 2. The van der Waals surface area contributed by atoms with E-state index in [4.69, 9.17) is 0 Å². The fraction of sp³-hybridized carbons (Fsp3) is 0.615. The lowest BCUT2D eigenvalue weighted by molar-refractivity contribution is -0.121. The lowest BCUT2D eigenvalue weighted by Crippen LogP contribution is -2.39. The van der Waals surface area contributed by atoms with Crippen LogP contribution in [0.25, 0.3) is 0 Å². The normalized spacial score (nSPS) is 15.8. The maximum Gasteiger partial charge on any atom is 0.283 e. The molecular weight excluding hydrogens is 324 g/mol. The Hall–Kier alpha value is -1.37. The highest BCUT2D eigenvalue weighted by Crippen LogP contribution is 2.20. The summed E-state index contributed by atoms with van der Waals surface area (Å²) in [4.78, 5) is 23.9. The van der Waals surface area contributed by atoms with Crippen molar-refractivity contribution in [1.82, 2.24) is 15.1 Å².